The van der Waals surface area contributed by atoms with E-state index in [1.807, 2.05) is 6.92 Å². The second-order valence-corrected chi connectivity index (χ2v) is 6.98. The predicted molar refractivity (Wildman–Crippen MR) is 103 cm³/mol. The standard InChI is InChI=1S/C20H22N2O7/c1-10-6-14(18-12-4-3-5-13(12)20(27)29-15(18)7-10)28-11(2)19(26)22-8-16(23)21-9-17(24)25/h6-7,11H,3-5,8-9H2,1-2H3,(H,21,23)(H,22,26)(H,24,25)/t11-/m0/s1. The fourth-order valence-corrected chi connectivity index (χ4v) is 3.39. The van der Waals surface area contributed by atoms with E-state index in [-0.39, 0.29) is 12.2 Å². The van der Waals surface area contributed by atoms with E-state index in [1.54, 1.807) is 12.1 Å². The van der Waals surface area contributed by atoms with Crippen molar-refractivity contribution >= 4 is 28.8 Å². The normalized spacial score (nSPS) is 13.6. The molecule has 2 aromatic rings. The van der Waals surface area contributed by atoms with Crippen molar-refractivity contribution in [1.82, 2.24) is 10.6 Å². The quantitative estimate of drug-likeness (QED) is 0.580. The number of carbonyl (C=O) groups excluding carboxylic acids is 2. The number of carboxylic acids is 1. The summed E-state index contributed by atoms with van der Waals surface area (Å²) in [5.41, 5.74) is 2.45. The third kappa shape index (κ3) is 4.56. The molecule has 0 aliphatic heterocycles. The van der Waals surface area contributed by atoms with E-state index < -0.39 is 30.4 Å². The molecule has 3 rings (SSSR count). The Balaban J connectivity index is 1.76. The first-order chi connectivity index (χ1) is 13.8. The number of rotatable bonds is 7. The number of fused-ring (bicyclic) bond motifs is 3. The molecule has 2 amide bonds. The van der Waals surface area contributed by atoms with Gasteiger partial charge < -0.3 is 24.9 Å². The minimum atomic E-state index is -1.17. The van der Waals surface area contributed by atoms with E-state index in [4.69, 9.17) is 14.3 Å². The molecule has 0 bridgehead atoms. The summed E-state index contributed by atoms with van der Waals surface area (Å²) in [5.74, 6) is -1.88. The van der Waals surface area contributed by atoms with Crippen molar-refractivity contribution < 1.29 is 28.6 Å². The summed E-state index contributed by atoms with van der Waals surface area (Å²) in [4.78, 5) is 46.4. The topological polar surface area (TPSA) is 135 Å². The first-order valence-corrected chi connectivity index (χ1v) is 9.28. The molecule has 0 unspecified atom stereocenters. The van der Waals surface area contributed by atoms with Crippen LogP contribution in [0.4, 0.5) is 0 Å². The van der Waals surface area contributed by atoms with Gasteiger partial charge in [0.25, 0.3) is 5.91 Å². The van der Waals surface area contributed by atoms with Crippen molar-refractivity contribution in [3.05, 3.63) is 39.2 Å². The van der Waals surface area contributed by atoms with Gasteiger partial charge in [-0.1, -0.05) is 0 Å². The Kier molecular flexibility index (Phi) is 5.86. The zero-order chi connectivity index (χ0) is 21.1. The molecule has 1 aliphatic carbocycles. The van der Waals surface area contributed by atoms with Crippen molar-refractivity contribution in [2.45, 2.75) is 39.2 Å². The third-order valence-electron chi connectivity index (χ3n) is 4.71. The Bertz CT molecular complexity index is 1040. The van der Waals surface area contributed by atoms with Crippen LogP contribution < -0.4 is 21.0 Å². The van der Waals surface area contributed by atoms with Gasteiger partial charge >= 0.3 is 11.6 Å². The van der Waals surface area contributed by atoms with Gasteiger partial charge in [0.15, 0.2) is 6.10 Å². The fraction of sp³-hybridized carbons (Fsp3) is 0.400. The van der Waals surface area contributed by atoms with Crippen LogP contribution >= 0.6 is 0 Å². The highest BCUT2D eigenvalue weighted by Crippen LogP contribution is 2.35. The summed E-state index contributed by atoms with van der Waals surface area (Å²) in [6, 6.07) is 3.55. The van der Waals surface area contributed by atoms with E-state index in [0.717, 1.165) is 24.0 Å². The van der Waals surface area contributed by atoms with Gasteiger partial charge in [0, 0.05) is 5.56 Å². The molecular weight excluding hydrogens is 380 g/mol. The van der Waals surface area contributed by atoms with Gasteiger partial charge in [0.2, 0.25) is 5.91 Å². The van der Waals surface area contributed by atoms with Crippen molar-refractivity contribution in [1.29, 1.82) is 0 Å². The minimum absolute atomic E-state index is 0.334. The molecule has 1 aromatic carbocycles. The smallest absolute Gasteiger partial charge is 0.339 e. The lowest BCUT2D eigenvalue weighted by atomic mass is 10.0. The highest BCUT2D eigenvalue weighted by Gasteiger charge is 2.24. The van der Waals surface area contributed by atoms with Crippen LogP contribution in [0, 0.1) is 6.92 Å². The molecular formula is C20H22N2O7. The number of benzene rings is 1. The number of amides is 2. The molecule has 0 spiro atoms. The van der Waals surface area contributed by atoms with Crippen molar-refractivity contribution in [2.75, 3.05) is 13.1 Å². The Morgan fingerprint density at radius 3 is 2.62 bits per heavy atom. The Morgan fingerprint density at radius 2 is 1.90 bits per heavy atom. The van der Waals surface area contributed by atoms with Gasteiger partial charge in [-0.05, 0) is 56.4 Å². The molecule has 154 valence electrons. The van der Waals surface area contributed by atoms with Crippen LogP contribution in [-0.2, 0) is 27.2 Å². The molecule has 0 saturated carbocycles. The van der Waals surface area contributed by atoms with Crippen LogP contribution in [0.1, 0.15) is 30.0 Å². The number of hydrogen-bond donors (Lipinski definition) is 3. The summed E-state index contributed by atoms with van der Waals surface area (Å²) in [7, 11) is 0. The molecule has 1 aromatic heterocycles. The first kappa shape index (κ1) is 20.4. The number of carbonyl (C=O) groups is 3. The molecule has 1 atom stereocenters. The second kappa shape index (κ2) is 8.34. The number of aliphatic carboxylic acids is 1. The maximum atomic E-state index is 12.3. The molecule has 0 fully saturated rings. The molecule has 0 saturated heterocycles. The molecule has 29 heavy (non-hydrogen) atoms. The lowest BCUT2D eigenvalue weighted by Gasteiger charge is -2.17. The summed E-state index contributed by atoms with van der Waals surface area (Å²) in [6.07, 6.45) is 1.33. The SMILES string of the molecule is Cc1cc(O[C@@H](C)C(=O)NCC(=O)NCC(=O)O)c2c3c(c(=O)oc2c1)CCC3. The van der Waals surface area contributed by atoms with E-state index >= 15 is 0 Å². The lowest BCUT2D eigenvalue weighted by Crippen LogP contribution is -2.43. The average molecular weight is 402 g/mol. The maximum absolute atomic E-state index is 12.3. The number of aryl methyl sites for hydroxylation is 2. The number of carboxylic acid groups (broad SMARTS) is 1. The van der Waals surface area contributed by atoms with Gasteiger partial charge in [0.05, 0.1) is 11.9 Å². The highest BCUT2D eigenvalue weighted by molar-refractivity contribution is 5.91. The molecule has 3 N–H and O–H groups in total. The summed E-state index contributed by atoms with van der Waals surface area (Å²) in [6.45, 7) is 2.49. The highest BCUT2D eigenvalue weighted by atomic mass is 16.5. The van der Waals surface area contributed by atoms with E-state index in [9.17, 15) is 19.2 Å². The van der Waals surface area contributed by atoms with Gasteiger partial charge in [-0.2, -0.15) is 0 Å². The summed E-state index contributed by atoms with van der Waals surface area (Å²) < 4.78 is 11.3. The largest absolute Gasteiger partial charge is 0.480 e. The summed E-state index contributed by atoms with van der Waals surface area (Å²) in [5, 5.41) is 13.8. The van der Waals surface area contributed by atoms with Crippen LogP contribution in [0.3, 0.4) is 0 Å². The lowest BCUT2D eigenvalue weighted by molar-refractivity contribution is -0.137. The van der Waals surface area contributed by atoms with Crippen LogP contribution in [0.5, 0.6) is 5.75 Å². The van der Waals surface area contributed by atoms with Crippen molar-refractivity contribution in [2.24, 2.45) is 0 Å². The zero-order valence-electron chi connectivity index (χ0n) is 16.2. The molecule has 1 heterocycles. The average Bonchev–Trinajstić information content (AvgIpc) is 3.14. The monoisotopic (exact) mass is 402 g/mol. The molecule has 0 radical (unpaired) electrons. The van der Waals surface area contributed by atoms with Crippen LogP contribution in [0.25, 0.3) is 11.0 Å². The van der Waals surface area contributed by atoms with Crippen molar-refractivity contribution in [3.63, 3.8) is 0 Å². The molecule has 1 aliphatic rings. The number of nitrogens with one attached hydrogen (secondary N) is 2. The molecule has 9 nitrogen and oxygen atoms in total. The van der Waals surface area contributed by atoms with Crippen LogP contribution in [0.15, 0.2) is 21.3 Å². The van der Waals surface area contributed by atoms with Gasteiger partial charge in [-0.25, -0.2) is 4.79 Å². The third-order valence-corrected chi connectivity index (χ3v) is 4.71. The minimum Gasteiger partial charge on any atom is -0.480 e. The predicted octanol–water partition coefficient (Wildman–Crippen LogP) is 0.674. The second-order valence-electron chi connectivity index (χ2n) is 6.98. The number of hydrogen-bond acceptors (Lipinski definition) is 6. The zero-order valence-corrected chi connectivity index (χ0v) is 16.2. The Hall–Kier alpha value is -3.36. The van der Waals surface area contributed by atoms with Gasteiger partial charge in [-0.15, -0.1) is 0 Å². The van der Waals surface area contributed by atoms with E-state index in [1.165, 1.54) is 6.92 Å². The Morgan fingerprint density at radius 1 is 1.17 bits per heavy atom. The molecule has 9 heteroatoms. The van der Waals surface area contributed by atoms with Crippen LogP contribution in [-0.4, -0.2) is 42.1 Å². The first-order valence-electron chi connectivity index (χ1n) is 9.28. The van der Waals surface area contributed by atoms with E-state index in [2.05, 4.69) is 10.6 Å². The van der Waals surface area contributed by atoms with Crippen molar-refractivity contribution in [3.8, 4) is 5.75 Å². The van der Waals surface area contributed by atoms with Gasteiger partial charge in [0.1, 0.15) is 17.9 Å². The van der Waals surface area contributed by atoms with Crippen LogP contribution in [0.2, 0.25) is 0 Å². The number of ether oxygens (including phenoxy) is 1. The Labute approximate surface area is 166 Å². The van der Waals surface area contributed by atoms with E-state index in [0.29, 0.717) is 28.7 Å². The van der Waals surface area contributed by atoms with Gasteiger partial charge in [-0.3, -0.25) is 14.4 Å². The maximum Gasteiger partial charge on any atom is 0.339 e. The summed E-state index contributed by atoms with van der Waals surface area (Å²) >= 11 is 0. The fourth-order valence-electron chi connectivity index (χ4n) is 3.39.